The molecular weight excluding hydrogens is 252 g/mol. The normalized spacial score (nSPS) is 21.1. The number of nitrogens with zero attached hydrogens (tertiary/aromatic N) is 2. The predicted octanol–water partition coefficient (Wildman–Crippen LogP) is 1.90. The third kappa shape index (κ3) is 2.18. The molecule has 1 saturated heterocycles. The number of benzene rings is 1. The van der Waals surface area contributed by atoms with Crippen LogP contribution in [-0.4, -0.2) is 39.6 Å². The highest BCUT2D eigenvalue weighted by Crippen LogP contribution is 2.24. The van der Waals surface area contributed by atoms with Gasteiger partial charge in [-0.15, -0.1) is 0 Å². The molecule has 1 fully saturated rings. The molecule has 3 rings (SSSR count). The van der Waals surface area contributed by atoms with E-state index in [1.807, 2.05) is 30.0 Å². The highest BCUT2D eigenvalue weighted by molar-refractivity contribution is 6.05. The van der Waals surface area contributed by atoms with Crippen LogP contribution in [0.5, 0.6) is 0 Å². The molecule has 1 amide bonds. The number of hydrogen-bond acceptors (Lipinski definition) is 3. The fourth-order valence-electron chi connectivity index (χ4n) is 3.06. The van der Waals surface area contributed by atoms with Gasteiger partial charge in [0, 0.05) is 24.0 Å². The third-order valence-corrected chi connectivity index (χ3v) is 4.12. The number of piperidine rings is 1. The van der Waals surface area contributed by atoms with Crippen LogP contribution in [0.2, 0.25) is 0 Å². The van der Waals surface area contributed by atoms with Crippen LogP contribution in [0.3, 0.4) is 0 Å². The second-order valence-electron chi connectivity index (χ2n) is 5.56. The number of nitrogens with two attached hydrogens (primary N) is 1. The Balaban J connectivity index is 1.96. The van der Waals surface area contributed by atoms with Gasteiger partial charge in [-0.05, 0) is 32.3 Å². The number of nitrogens with one attached hydrogen (secondary N) is 1. The van der Waals surface area contributed by atoms with Crippen molar-refractivity contribution in [3.8, 4) is 0 Å². The van der Waals surface area contributed by atoms with E-state index >= 15 is 0 Å². The monoisotopic (exact) mass is 272 g/mol. The van der Waals surface area contributed by atoms with E-state index in [-0.39, 0.29) is 18.0 Å². The number of rotatable bonds is 2. The van der Waals surface area contributed by atoms with E-state index < -0.39 is 0 Å². The molecular formula is C15H20N4O. The molecule has 2 heterocycles. The van der Waals surface area contributed by atoms with Crippen molar-refractivity contribution < 1.29 is 4.79 Å². The average molecular weight is 272 g/mol. The van der Waals surface area contributed by atoms with Gasteiger partial charge in [-0.2, -0.15) is 5.10 Å². The molecule has 106 valence electrons. The van der Waals surface area contributed by atoms with Gasteiger partial charge in [-0.3, -0.25) is 9.89 Å². The summed E-state index contributed by atoms with van der Waals surface area (Å²) in [7, 11) is 0. The summed E-state index contributed by atoms with van der Waals surface area (Å²) in [5.74, 6) is 0.0573. The van der Waals surface area contributed by atoms with Crippen LogP contribution in [-0.2, 0) is 0 Å². The first kappa shape index (κ1) is 13.1. The van der Waals surface area contributed by atoms with Gasteiger partial charge in [0.2, 0.25) is 0 Å². The SMILES string of the molecule is C[C@@H](N)[C@H]1CCCCN1C(=O)c1cccc2cn[nH]c12. The number of hydrogen-bond donors (Lipinski definition) is 2. The number of carbonyl (C=O) groups excluding carboxylic acids is 1. The number of aromatic nitrogens is 2. The van der Waals surface area contributed by atoms with Crippen molar-refractivity contribution in [2.45, 2.75) is 38.3 Å². The van der Waals surface area contributed by atoms with Gasteiger partial charge >= 0.3 is 0 Å². The fourth-order valence-corrected chi connectivity index (χ4v) is 3.06. The van der Waals surface area contributed by atoms with E-state index in [9.17, 15) is 4.79 Å². The Kier molecular flexibility index (Phi) is 3.44. The molecule has 1 aliphatic rings. The van der Waals surface area contributed by atoms with Gasteiger partial charge < -0.3 is 10.6 Å². The Morgan fingerprint density at radius 3 is 3.15 bits per heavy atom. The van der Waals surface area contributed by atoms with Gasteiger partial charge in [0.25, 0.3) is 5.91 Å². The second-order valence-corrected chi connectivity index (χ2v) is 5.56. The van der Waals surface area contributed by atoms with Gasteiger partial charge in [0.05, 0.1) is 17.3 Å². The maximum atomic E-state index is 12.8. The molecule has 0 aliphatic carbocycles. The van der Waals surface area contributed by atoms with Crippen molar-refractivity contribution in [3.05, 3.63) is 30.0 Å². The number of likely N-dealkylation sites (tertiary alicyclic amines) is 1. The summed E-state index contributed by atoms with van der Waals surface area (Å²) in [6.45, 7) is 2.77. The number of fused-ring (bicyclic) bond motifs is 1. The number of amides is 1. The summed E-state index contributed by atoms with van der Waals surface area (Å²) in [4.78, 5) is 14.8. The van der Waals surface area contributed by atoms with Gasteiger partial charge in [-0.1, -0.05) is 12.1 Å². The van der Waals surface area contributed by atoms with Crippen LogP contribution in [0.25, 0.3) is 10.9 Å². The third-order valence-electron chi connectivity index (χ3n) is 4.12. The highest BCUT2D eigenvalue weighted by atomic mass is 16.2. The minimum atomic E-state index is 0.000204. The van der Waals surface area contributed by atoms with Gasteiger partial charge in [0.1, 0.15) is 0 Å². The zero-order valence-corrected chi connectivity index (χ0v) is 11.7. The Morgan fingerprint density at radius 2 is 2.35 bits per heavy atom. The Labute approximate surface area is 118 Å². The van der Waals surface area contributed by atoms with Gasteiger partial charge in [-0.25, -0.2) is 0 Å². The Hall–Kier alpha value is -1.88. The summed E-state index contributed by atoms with van der Waals surface area (Å²) >= 11 is 0. The summed E-state index contributed by atoms with van der Waals surface area (Å²) in [6.07, 6.45) is 4.92. The zero-order chi connectivity index (χ0) is 14.1. The van der Waals surface area contributed by atoms with Crippen molar-refractivity contribution in [2.24, 2.45) is 5.73 Å². The van der Waals surface area contributed by atoms with Crippen molar-refractivity contribution in [3.63, 3.8) is 0 Å². The molecule has 3 N–H and O–H groups in total. The van der Waals surface area contributed by atoms with E-state index in [4.69, 9.17) is 5.73 Å². The van der Waals surface area contributed by atoms with Crippen LogP contribution in [0.15, 0.2) is 24.4 Å². The lowest BCUT2D eigenvalue weighted by atomic mass is 9.95. The Morgan fingerprint density at radius 1 is 1.50 bits per heavy atom. The molecule has 5 nitrogen and oxygen atoms in total. The summed E-state index contributed by atoms with van der Waals surface area (Å²) in [6, 6.07) is 5.84. The van der Waals surface area contributed by atoms with Crippen LogP contribution in [0, 0.1) is 0 Å². The standard InChI is InChI=1S/C15H20N4O/c1-10(16)13-7-2-3-8-19(13)15(20)12-6-4-5-11-9-17-18-14(11)12/h4-6,9-10,13H,2-3,7-8,16H2,1H3,(H,17,18)/t10-,13-/m1/s1. The topological polar surface area (TPSA) is 75.0 Å². The van der Waals surface area contributed by atoms with Gasteiger partial charge in [0.15, 0.2) is 0 Å². The average Bonchev–Trinajstić information content (AvgIpc) is 2.94. The molecule has 5 heteroatoms. The lowest BCUT2D eigenvalue weighted by molar-refractivity contribution is 0.0585. The number of para-hydroxylation sites is 1. The maximum absolute atomic E-state index is 12.8. The minimum Gasteiger partial charge on any atom is -0.334 e. The molecule has 0 radical (unpaired) electrons. The quantitative estimate of drug-likeness (QED) is 0.876. The van der Waals surface area contributed by atoms with E-state index in [2.05, 4.69) is 10.2 Å². The largest absolute Gasteiger partial charge is 0.334 e. The van der Waals surface area contributed by atoms with E-state index in [0.717, 1.165) is 36.7 Å². The molecule has 0 bridgehead atoms. The van der Waals surface area contributed by atoms with Crippen molar-refractivity contribution >= 4 is 16.8 Å². The fraction of sp³-hybridized carbons (Fsp3) is 0.467. The highest BCUT2D eigenvalue weighted by Gasteiger charge is 2.30. The molecule has 2 aromatic rings. The lowest BCUT2D eigenvalue weighted by Gasteiger charge is -2.38. The zero-order valence-electron chi connectivity index (χ0n) is 11.7. The molecule has 1 aliphatic heterocycles. The van der Waals surface area contributed by atoms with E-state index in [1.54, 1.807) is 6.20 Å². The molecule has 0 spiro atoms. The Bertz CT molecular complexity index is 619. The molecule has 20 heavy (non-hydrogen) atoms. The van der Waals surface area contributed by atoms with Crippen LogP contribution in [0.1, 0.15) is 36.5 Å². The maximum Gasteiger partial charge on any atom is 0.256 e. The molecule has 2 atom stereocenters. The first-order valence-corrected chi connectivity index (χ1v) is 7.17. The molecule has 1 aromatic carbocycles. The first-order valence-electron chi connectivity index (χ1n) is 7.17. The second kappa shape index (κ2) is 5.25. The first-order chi connectivity index (χ1) is 9.68. The summed E-state index contributed by atoms with van der Waals surface area (Å²) in [5, 5.41) is 7.91. The van der Waals surface area contributed by atoms with Crippen LogP contribution < -0.4 is 5.73 Å². The van der Waals surface area contributed by atoms with E-state index in [0.29, 0.717) is 5.56 Å². The van der Waals surface area contributed by atoms with E-state index in [1.165, 1.54) is 0 Å². The molecule has 0 unspecified atom stereocenters. The minimum absolute atomic E-state index is 0.000204. The predicted molar refractivity (Wildman–Crippen MR) is 78.4 cm³/mol. The van der Waals surface area contributed by atoms with Crippen molar-refractivity contribution in [1.82, 2.24) is 15.1 Å². The number of aromatic amines is 1. The number of carbonyl (C=O) groups is 1. The molecule has 1 aromatic heterocycles. The van der Waals surface area contributed by atoms with Crippen LogP contribution >= 0.6 is 0 Å². The summed E-state index contributed by atoms with van der Waals surface area (Å²) in [5.41, 5.74) is 7.55. The summed E-state index contributed by atoms with van der Waals surface area (Å²) < 4.78 is 0. The van der Waals surface area contributed by atoms with Crippen molar-refractivity contribution in [2.75, 3.05) is 6.54 Å². The molecule has 0 saturated carbocycles. The smallest absolute Gasteiger partial charge is 0.256 e. The van der Waals surface area contributed by atoms with Crippen molar-refractivity contribution in [1.29, 1.82) is 0 Å². The number of H-pyrrole nitrogens is 1. The lowest BCUT2D eigenvalue weighted by Crippen LogP contribution is -2.51. The van der Waals surface area contributed by atoms with Crippen LogP contribution in [0.4, 0.5) is 0 Å².